The van der Waals surface area contributed by atoms with Crippen LogP contribution in [0.3, 0.4) is 0 Å². The zero-order valence-corrected chi connectivity index (χ0v) is 11.7. The molecule has 1 N–H and O–H groups in total. The van der Waals surface area contributed by atoms with Crippen molar-refractivity contribution in [2.45, 2.75) is 44.3 Å². The van der Waals surface area contributed by atoms with Crippen molar-refractivity contribution in [3.8, 4) is 0 Å². The van der Waals surface area contributed by atoms with E-state index in [1.165, 1.54) is 37.9 Å². The van der Waals surface area contributed by atoms with Gasteiger partial charge in [-0.05, 0) is 43.2 Å². The zero-order valence-electron chi connectivity index (χ0n) is 10.2. The molecule has 1 aromatic rings. The van der Waals surface area contributed by atoms with Crippen LogP contribution in [-0.4, -0.2) is 30.1 Å². The molecule has 0 spiro atoms. The molecule has 0 radical (unpaired) electrons. The number of halogens is 1. The van der Waals surface area contributed by atoms with E-state index in [4.69, 9.17) is 11.6 Å². The molecule has 1 saturated heterocycles. The van der Waals surface area contributed by atoms with Crippen LogP contribution in [0.4, 0.5) is 0 Å². The molecule has 1 aliphatic carbocycles. The molecular formula is C13H19ClN2S. The van der Waals surface area contributed by atoms with Crippen molar-refractivity contribution in [1.82, 2.24) is 10.2 Å². The Bertz CT molecular complexity index is 389. The van der Waals surface area contributed by atoms with Gasteiger partial charge < -0.3 is 5.32 Å². The topological polar surface area (TPSA) is 15.3 Å². The van der Waals surface area contributed by atoms with Gasteiger partial charge >= 0.3 is 0 Å². The van der Waals surface area contributed by atoms with Crippen molar-refractivity contribution in [2.24, 2.45) is 0 Å². The van der Waals surface area contributed by atoms with Crippen LogP contribution >= 0.6 is 22.9 Å². The van der Waals surface area contributed by atoms with E-state index < -0.39 is 0 Å². The van der Waals surface area contributed by atoms with Gasteiger partial charge in [-0.3, -0.25) is 4.90 Å². The zero-order chi connectivity index (χ0) is 11.8. The normalized spacial score (nSPS) is 27.5. The van der Waals surface area contributed by atoms with E-state index in [0.29, 0.717) is 12.1 Å². The molecule has 2 atom stereocenters. The summed E-state index contributed by atoms with van der Waals surface area (Å²) >= 11 is 7.60. The quantitative estimate of drug-likeness (QED) is 0.903. The lowest BCUT2D eigenvalue weighted by Crippen LogP contribution is -2.34. The summed E-state index contributed by atoms with van der Waals surface area (Å²) in [4.78, 5) is 2.64. The van der Waals surface area contributed by atoms with E-state index in [9.17, 15) is 0 Å². The van der Waals surface area contributed by atoms with Crippen molar-refractivity contribution < 1.29 is 0 Å². The number of likely N-dealkylation sites (tertiary alicyclic amines) is 1. The highest BCUT2D eigenvalue weighted by atomic mass is 35.5. The Kier molecular flexibility index (Phi) is 3.44. The molecule has 0 bridgehead atoms. The van der Waals surface area contributed by atoms with E-state index >= 15 is 0 Å². The Balaban J connectivity index is 1.53. The van der Waals surface area contributed by atoms with Gasteiger partial charge in [0.2, 0.25) is 0 Å². The van der Waals surface area contributed by atoms with Crippen LogP contribution in [0.25, 0.3) is 0 Å². The molecule has 1 aromatic heterocycles. The minimum absolute atomic E-state index is 0.419. The predicted molar refractivity (Wildman–Crippen MR) is 73.9 cm³/mol. The minimum Gasteiger partial charge on any atom is -0.306 e. The van der Waals surface area contributed by atoms with E-state index in [1.54, 1.807) is 11.3 Å². The second-order valence-corrected chi connectivity index (χ2v) is 6.83. The Hall–Kier alpha value is -0.0900. The van der Waals surface area contributed by atoms with Crippen LogP contribution in [0.15, 0.2) is 11.4 Å². The highest BCUT2D eigenvalue weighted by Crippen LogP contribution is 2.31. The van der Waals surface area contributed by atoms with Gasteiger partial charge in [-0.1, -0.05) is 11.6 Å². The van der Waals surface area contributed by atoms with E-state index in [1.807, 2.05) is 0 Å². The summed E-state index contributed by atoms with van der Waals surface area (Å²) in [5, 5.41) is 5.89. The van der Waals surface area contributed by atoms with Gasteiger partial charge in [-0.15, -0.1) is 11.3 Å². The number of rotatable bonds is 4. The third kappa shape index (κ3) is 2.84. The Morgan fingerprint density at radius 2 is 2.29 bits per heavy atom. The highest BCUT2D eigenvalue weighted by molar-refractivity contribution is 7.14. The molecule has 2 unspecified atom stereocenters. The fourth-order valence-corrected chi connectivity index (χ4v) is 3.68. The summed E-state index contributed by atoms with van der Waals surface area (Å²) in [7, 11) is 0. The first-order chi connectivity index (χ1) is 8.22. The Labute approximate surface area is 112 Å². The van der Waals surface area contributed by atoms with Gasteiger partial charge in [-0.2, -0.15) is 0 Å². The fourth-order valence-electron chi connectivity index (χ4n) is 2.69. The Morgan fingerprint density at radius 1 is 1.47 bits per heavy atom. The van der Waals surface area contributed by atoms with Crippen LogP contribution in [0.1, 0.15) is 37.8 Å². The van der Waals surface area contributed by atoms with Gasteiger partial charge in [0.05, 0.1) is 4.34 Å². The van der Waals surface area contributed by atoms with Crippen molar-refractivity contribution in [3.63, 3.8) is 0 Å². The van der Waals surface area contributed by atoms with Gasteiger partial charge in [0, 0.05) is 31.2 Å². The first-order valence-electron chi connectivity index (χ1n) is 6.46. The molecule has 17 heavy (non-hydrogen) atoms. The number of thiophene rings is 1. The molecule has 2 aliphatic rings. The molecule has 2 heterocycles. The second-order valence-electron chi connectivity index (χ2n) is 5.28. The van der Waals surface area contributed by atoms with Crippen molar-refractivity contribution >= 4 is 22.9 Å². The van der Waals surface area contributed by atoms with Crippen molar-refractivity contribution in [3.05, 3.63) is 21.3 Å². The maximum Gasteiger partial charge on any atom is 0.0931 e. The molecule has 1 saturated carbocycles. The highest BCUT2D eigenvalue weighted by Gasteiger charge is 2.34. The van der Waals surface area contributed by atoms with Gasteiger partial charge in [0.1, 0.15) is 0 Å². The number of nitrogens with one attached hydrogen (secondary N) is 1. The summed E-state index contributed by atoms with van der Waals surface area (Å²) in [5.74, 6) is 0. The molecular weight excluding hydrogens is 252 g/mol. The SMILES string of the molecule is CC(NC1CCN(C2CC2)C1)c1csc(Cl)c1. The first-order valence-corrected chi connectivity index (χ1v) is 7.72. The van der Waals surface area contributed by atoms with Crippen LogP contribution in [-0.2, 0) is 0 Å². The third-order valence-electron chi connectivity index (χ3n) is 3.86. The maximum absolute atomic E-state index is 5.98. The molecule has 3 rings (SSSR count). The standard InChI is InChI=1S/C13H19ClN2S/c1-9(10-6-13(14)17-8-10)15-11-4-5-16(7-11)12-2-3-12/h6,8-9,11-12,15H,2-5,7H2,1H3. The molecule has 0 amide bonds. The monoisotopic (exact) mass is 270 g/mol. The molecule has 94 valence electrons. The number of nitrogens with zero attached hydrogens (tertiary/aromatic N) is 1. The molecule has 1 aliphatic heterocycles. The first kappa shape index (κ1) is 12.0. The van der Waals surface area contributed by atoms with Gasteiger partial charge in [0.25, 0.3) is 0 Å². The molecule has 0 aromatic carbocycles. The summed E-state index contributed by atoms with van der Waals surface area (Å²) in [6.07, 6.45) is 4.13. The smallest absolute Gasteiger partial charge is 0.0931 e. The number of hydrogen-bond acceptors (Lipinski definition) is 3. The third-order valence-corrected chi connectivity index (χ3v) is 4.97. The molecule has 2 nitrogen and oxygen atoms in total. The average Bonchev–Trinajstić information content (AvgIpc) is 2.90. The van der Waals surface area contributed by atoms with Crippen molar-refractivity contribution in [2.75, 3.05) is 13.1 Å². The minimum atomic E-state index is 0.419. The van der Waals surface area contributed by atoms with E-state index in [2.05, 4.69) is 28.6 Å². The van der Waals surface area contributed by atoms with E-state index in [0.717, 1.165) is 10.4 Å². The number of hydrogen-bond donors (Lipinski definition) is 1. The largest absolute Gasteiger partial charge is 0.306 e. The van der Waals surface area contributed by atoms with Crippen LogP contribution in [0.5, 0.6) is 0 Å². The lowest BCUT2D eigenvalue weighted by Gasteiger charge is -2.19. The van der Waals surface area contributed by atoms with E-state index in [-0.39, 0.29) is 0 Å². The lowest BCUT2D eigenvalue weighted by molar-refractivity contribution is 0.313. The van der Waals surface area contributed by atoms with Crippen LogP contribution in [0, 0.1) is 0 Å². The molecule has 2 fully saturated rings. The fraction of sp³-hybridized carbons (Fsp3) is 0.692. The predicted octanol–water partition coefficient (Wildman–Crippen LogP) is 3.29. The Morgan fingerprint density at radius 3 is 2.94 bits per heavy atom. The summed E-state index contributed by atoms with van der Waals surface area (Å²) in [5.41, 5.74) is 1.32. The summed E-state index contributed by atoms with van der Waals surface area (Å²) in [6, 6.07) is 4.07. The second kappa shape index (κ2) is 4.88. The van der Waals surface area contributed by atoms with Crippen LogP contribution < -0.4 is 5.32 Å². The maximum atomic E-state index is 5.98. The summed E-state index contributed by atoms with van der Waals surface area (Å²) in [6.45, 7) is 4.74. The van der Waals surface area contributed by atoms with Crippen molar-refractivity contribution in [1.29, 1.82) is 0 Å². The average molecular weight is 271 g/mol. The summed E-state index contributed by atoms with van der Waals surface area (Å²) < 4.78 is 0.889. The molecule has 4 heteroatoms. The lowest BCUT2D eigenvalue weighted by atomic mass is 10.1. The van der Waals surface area contributed by atoms with Crippen LogP contribution in [0.2, 0.25) is 4.34 Å². The van der Waals surface area contributed by atoms with Gasteiger partial charge in [-0.25, -0.2) is 0 Å². The van der Waals surface area contributed by atoms with Gasteiger partial charge in [0.15, 0.2) is 0 Å².